The van der Waals surface area contributed by atoms with E-state index in [-0.39, 0.29) is 17.6 Å². The summed E-state index contributed by atoms with van der Waals surface area (Å²) in [4.78, 5) is 10.8. The van der Waals surface area contributed by atoms with Crippen LogP contribution in [0.25, 0.3) is 0 Å². The summed E-state index contributed by atoms with van der Waals surface area (Å²) in [6.45, 7) is 0.205. The zero-order chi connectivity index (χ0) is 10.6. The molecule has 0 spiro atoms. The molecule has 0 radical (unpaired) electrons. The first-order chi connectivity index (χ1) is 6.65. The van der Waals surface area contributed by atoms with Crippen LogP contribution in [-0.2, 0) is 6.54 Å². The summed E-state index contributed by atoms with van der Waals surface area (Å²) in [5.41, 5.74) is 0.551. The third-order valence-corrected chi connectivity index (χ3v) is 2.12. The minimum Gasteiger partial charge on any atom is -0.341 e. The van der Waals surface area contributed by atoms with Gasteiger partial charge in [0.25, 0.3) is 0 Å². The largest absolute Gasteiger partial charge is 0.341 e. The van der Waals surface area contributed by atoms with Crippen LogP contribution in [0.5, 0.6) is 0 Å². The zero-order valence-electron chi connectivity index (χ0n) is 7.60. The number of hydrogen-bond acceptors (Lipinski definition) is 1. The molecule has 0 unspecified atom stereocenters. The Morgan fingerprint density at radius 3 is 2.93 bits per heavy atom. The molecule has 1 rings (SSSR count). The van der Waals surface area contributed by atoms with Crippen LogP contribution in [-0.4, -0.2) is 13.1 Å². The van der Waals surface area contributed by atoms with Crippen molar-refractivity contribution in [3.8, 4) is 0 Å². The number of urea groups is 1. The molecule has 0 aliphatic carbocycles. The van der Waals surface area contributed by atoms with Gasteiger partial charge in [-0.2, -0.15) is 0 Å². The van der Waals surface area contributed by atoms with Gasteiger partial charge in [0.05, 0.1) is 5.02 Å². The zero-order valence-corrected chi connectivity index (χ0v) is 8.36. The number of amides is 2. The lowest BCUT2D eigenvalue weighted by Crippen LogP contribution is -2.32. The van der Waals surface area contributed by atoms with E-state index in [1.54, 1.807) is 12.1 Å². The average molecular weight is 217 g/mol. The summed E-state index contributed by atoms with van der Waals surface area (Å²) in [5, 5.41) is 4.94. The van der Waals surface area contributed by atoms with E-state index in [2.05, 4.69) is 10.6 Å². The van der Waals surface area contributed by atoms with E-state index in [4.69, 9.17) is 11.6 Å². The lowest BCUT2D eigenvalue weighted by Gasteiger charge is -2.06. The molecule has 2 N–H and O–H groups in total. The van der Waals surface area contributed by atoms with Crippen LogP contribution in [0.2, 0.25) is 5.02 Å². The molecule has 0 saturated carbocycles. The van der Waals surface area contributed by atoms with Gasteiger partial charge in [0.2, 0.25) is 0 Å². The highest BCUT2D eigenvalue weighted by molar-refractivity contribution is 6.31. The van der Waals surface area contributed by atoms with Crippen LogP contribution in [0.15, 0.2) is 18.2 Å². The van der Waals surface area contributed by atoms with E-state index >= 15 is 0 Å². The van der Waals surface area contributed by atoms with Crippen LogP contribution in [0.3, 0.4) is 0 Å². The van der Waals surface area contributed by atoms with Crippen molar-refractivity contribution in [3.63, 3.8) is 0 Å². The average Bonchev–Trinajstić information content (AvgIpc) is 2.20. The van der Waals surface area contributed by atoms with E-state index in [1.165, 1.54) is 13.1 Å². The molecule has 5 heteroatoms. The molecule has 0 bridgehead atoms. The fourth-order valence-electron chi connectivity index (χ4n) is 0.949. The Morgan fingerprint density at radius 2 is 2.29 bits per heavy atom. The highest BCUT2D eigenvalue weighted by Gasteiger charge is 2.05. The van der Waals surface area contributed by atoms with Crippen molar-refractivity contribution < 1.29 is 9.18 Å². The fourth-order valence-corrected chi connectivity index (χ4v) is 1.14. The van der Waals surface area contributed by atoms with E-state index < -0.39 is 5.82 Å². The molecule has 0 fully saturated rings. The second-order valence-electron chi connectivity index (χ2n) is 2.65. The Labute approximate surface area is 86.3 Å². The molecular weight excluding hydrogens is 207 g/mol. The predicted octanol–water partition coefficient (Wildman–Crippen LogP) is 1.91. The summed E-state index contributed by atoms with van der Waals surface area (Å²) >= 11 is 5.67. The maximum Gasteiger partial charge on any atom is 0.314 e. The van der Waals surface area contributed by atoms with Gasteiger partial charge in [-0.25, -0.2) is 9.18 Å². The highest BCUT2D eigenvalue weighted by atomic mass is 35.5. The number of rotatable bonds is 2. The van der Waals surface area contributed by atoms with Crippen LogP contribution in [0.4, 0.5) is 9.18 Å². The minimum absolute atomic E-state index is 0.0453. The third kappa shape index (κ3) is 2.60. The molecule has 0 aromatic heterocycles. The summed E-state index contributed by atoms with van der Waals surface area (Å²) in [7, 11) is 1.50. The van der Waals surface area contributed by atoms with Crippen molar-refractivity contribution >= 4 is 17.6 Å². The van der Waals surface area contributed by atoms with Crippen molar-refractivity contribution in [3.05, 3.63) is 34.6 Å². The molecule has 0 heterocycles. The second-order valence-corrected chi connectivity index (χ2v) is 3.02. The van der Waals surface area contributed by atoms with E-state index in [0.717, 1.165) is 0 Å². The Balaban J connectivity index is 2.68. The Bertz CT molecular complexity index is 344. The number of carbonyl (C=O) groups excluding carboxylic acids is 1. The lowest BCUT2D eigenvalue weighted by molar-refractivity contribution is 0.242. The number of halogens is 2. The Kier molecular flexibility index (Phi) is 3.71. The summed E-state index contributed by atoms with van der Waals surface area (Å²) in [6, 6.07) is 4.14. The highest BCUT2D eigenvalue weighted by Crippen LogP contribution is 2.19. The fraction of sp³-hybridized carbons (Fsp3) is 0.222. The van der Waals surface area contributed by atoms with Crippen LogP contribution < -0.4 is 10.6 Å². The van der Waals surface area contributed by atoms with Crippen molar-refractivity contribution in [1.82, 2.24) is 10.6 Å². The first-order valence-corrected chi connectivity index (χ1v) is 4.41. The lowest BCUT2D eigenvalue weighted by atomic mass is 10.2. The van der Waals surface area contributed by atoms with E-state index in [9.17, 15) is 9.18 Å². The maximum absolute atomic E-state index is 12.9. The molecular formula is C9H10ClFN2O. The van der Waals surface area contributed by atoms with Crippen LogP contribution >= 0.6 is 11.6 Å². The van der Waals surface area contributed by atoms with Crippen molar-refractivity contribution in [2.45, 2.75) is 6.54 Å². The summed E-state index contributed by atoms with van der Waals surface area (Å²) < 4.78 is 12.9. The van der Waals surface area contributed by atoms with Gasteiger partial charge >= 0.3 is 6.03 Å². The number of nitrogens with one attached hydrogen (secondary N) is 2. The summed E-state index contributed by atoms with van der Waals surface area (Å²) in [5.74, 6) is -0.483. The van der Waals surface area contributed by atoms with Gasteiger partial charge in [-0.05, 0) is 11.6 Å². The van der Waals surface area contributed by atoms with Gasteiger partial charge in [0.15, 0.2) is 0 Å². The normalized spacial score (nSPS) is 9.64. The van der Waals surface area contributed by atoms with Gasteiger partial charge < -0.3 is 10.6 Å². The van der Waals surface area contributed by atoms with Crippen molar-refractivity contribution in [1.29, 1.82) is 0 Å². The summed E-state index contributed by atoms with van der Waals surface area (Å²) in [6.07, 6.45) is 0. The third-order valence-electron chi connectivity index (χ3n) is 1.70. The molecule has 0 atom stereocenters. The number of carbonyl (C=O) groups is 1. The Hall–Kier alpha value is -1.29. The van der Waals surface area contributed by atoms with Crippen molar-refractivity contribution in [2.24, 2.45) is 0 Å². The second kappa shape index (κ2) is 4.81. The molecule has 0 saturated heterocycles. The number of hydrogen-bond donors (Lipinski definition) is 2. The monoisotopic (exact) mass is 216 g/mol. The van der Waals surface area contributed by atoms with Gasteiger partial charge in [0, 0.05) is 13.6 Å². The van der Waals surface area contributed by atoms with Crippen molar-refractivity contribution in [2.75, 3.05) is 7.05 Å². The topological polar surface area (TPSA) is 41.1 Å². The molecule has 3 nitrogen and oxygen atoms in total. The predicted molar refractivity (Wildman–Crippen MR) is 52.7 cm³/mol. The first-order valence-electron chi connectivity index (χ1n) is 4.03. The molecule has 1 aromatic rings. The minimum atomic E-state index is -0.483. The molecule has 2 amide bonds. The quantitative estimate of drug-likeness (QED) is 0.779. The molecule has 14 heavy (non-hydrogen) atoms. The van der Waals surface area contributed by atoms with Gasteiger partial charge in [0.1, 0.15) is 5.82 Å². The van der Waals surface area contributed by atoms with Gasteiger partial charge in [-0.15, -0.1) is 0 Å². The maximum atomic E-state index is 12.9. The van der Waals surface area contributed by atoms with Gasteiger partial charge in [-0.1, -0.05) is 23.7 Å². The van der Waals surface area contributed by atoms with E-state index in [0.29, 0.717) is 5.56 Å². The van der Waals surface area contributed by atoms with E-state index in [1.807, 2.05) is 0 Å². The van der Waals surface area contributed by atoms with Crippen LogP contribution in [0, 0.1) is 5.82 Å². The molecule has 1 aromatic carbocycles. The molecule has 76 valence electrons. The molecule has 0 aliphatic heterocycles. The standard InChI is InChI=1S/C9H10ClFN2O/c1-12-9(14)13-5-6-3-2-4-7(11)8(6)10/h2-4H,5H2,1H3,(H2,12,13,14). The SMILES string of the molecule is CNC(=O)NCc1cccc(F)c1Cl. The Morgan fingerprint density at radius 1 is 1.57 bits per heavy atom. The smallest absolute Gasteiger partial charge is 0.314 e. The first kappa shape index (κ1) is 10.8. The van der Waals surface area contributed by atoms with Crippen LogP contribution in [0.1, 0.15) is 5.56 Å². The van der Waals surface area contributed by atoms with Gasteiger partial charge in [-0.3, -0.25) is 0 Å². The molecule has 0 aliphatic rings. The number of benzene rings is 1.